The molecule has 0 bridgehead atoms. The van der Waals surface area contributed by atoms with Crippen molar-refractivity contribution in [1.82, 2.24) is 19.6 Å². The molecule has 1 N–H and O–H groups in total. The first-order chi connectivity index (χ1) is 18.9. The highest BCUT2D eigenvalue weighted by Crippen LogP contribution is 2.31. The van der Waals surface area contributed by atoms with Gasteiger partial charge in [0.05, 0.1) is 6.54 Å². The Kier molecular flexibility index (Phi) is 10.8. The maximum atomic E-state index is 14.1. The Morgan fingerprint density at radius 2 is 1.70 bits per heavy atom. The molecule has 11 heteroatoms. The molecule has 0 unspecified atom stereocenters. The number of nitrogens with zero attached hydrogens (tertiary/aromatic N) is 4. The van der Waals surface area contributed by atoms with Crippen LogP contribution in [-0.4, -0.2) is 113 Å². The predicted octanol–water partition coefficient (Wildman–Crippen LogP) is 3.28. The summed E-state index contributed by atoms with van der Waals surface area (Å²) in [5.74, 6) is -1.76. The summed E-state index contributed by atoms with van der Waals surface area (Å²) in [6.07, 6.45) is 1.83. The molecular formula is C29H44N4O7. The third kappa shape index (κ3) is 8.58. The summed E-state index contributed by atoms with van der Waals surface area (Å²) >= 11 is 0. The SMILES string of the molecule is CN(C)CCC[C@H]1CCCN(C(=O)OCc2ccccc2)[C@H]1C(=O)N1CCN(C(=O)OC(C)(C)C)C[C@H]1C(=O)O. The van der Waals surface area contributed by atoms with Crippen LogP contribution < -0.4 is 0 Å². The lowest BCUT2D eigenvalue weighted by Crippen LogP contribution is -2.65. The maximum absolute atomic E-state index is 14.1. The van der Waals surface area contributed by atoms with Gasteiger partial charge in [-0.1, -0.05) is 30.3 Å². The van der Waals surface area contributed by atoms with E-state index in [0.29, 0.717) is 13.0 Å². The van der Waals surface area contributed by atoms with Crippen LogP contribution in [0.4, 0.5) is 9.59 Å². The summed E-state index contributed by atoms with van der Waals surface area (Å²) < 4.78 is 11.0. The average molecular weight is 561 g/mol. The molecule has 3 amide bonds. The number of benzene rings is 1. The Labute approximate surface area is 237 Å². The van der Waals surface area contributed by atoms with Crippen LogP contribution in [0, 0.1) is 5.92 Å². The van der Waals surface area contributed by atoms with E-state index in [4.69, 9.17) is 9.47 Å². The molecule has 1 aromatic rings. The first-order valence-electron chi connectivity index (χ1n) is 14.0. The standard InChI is InChI=1S/C29H44N4O7/c1-29(2,3)40-27(37)31-17-18-32(23(19-31)26(35)36)25(34)24-22(13-9-15-30(4)5)14-10-16-33(24)28(38)39-20-21-11-7-6-8-12-21/h6-8,11-12,22-24H,9-10,13-20H2,1-5H3,(H,35,36)/t22-,23-,24+/m0/s1. The lowest BCUT2D eigenvalue weighted by Gasteiger charge is -2.45. The van der Waals surface area contributed by atoms with Gasteiger partial charge in [0.25, 0.3) is 0 Å². The molecule has 0 spiro atoms. The van der Waals surface area contributed by atoms with Gasteiger partial charge in [-0.3, -0.25) is 9.69 Å². The number of piperidine rings is 1. The van der Waals surface area contributed by atoms with Crippen LogP contribution in [0.2, 0.25) is 0 Å². The van der Waals surface area contributed by atoms with E-state index in [1.165, 1.54) is 14.7 Å². The smallest absolute Gasteiger partial charge is 0.410 e. The van der Waals surface area contributed by atoms with E-state index >= 15 is 0 Å². The van der Waals surface area contributed by atoms with Crippen LogP contribution in [0.1, 0.15) is 52.0 Å². The topological polar surface area (TPSA) is 120 Å². The molecule has 11 nitrogen and oxygen atoms in total. The molecule has 1 aromatic carbocycles. The highest BCUT2D eigenvalue weighted by atomic mass is 16.6. The number of carbonyl (C=O) groups is 4. The van der Waals surface area contributed by atoms with Gasteiger partial charge in [0, 0.05) is 19.6 Å². The van der Waals surface area contributed by atoms with Crippen molar-refractivity contribution in [2.75, 3.05) is 46.8 Å². The summed E-state index contributed by atoms with van der Waals surface area (Å²) in [5, 5.41) is 10.1. The van der Waals surface area contributed by atoms with Gasteiger partial charge in [-0.2, -0.15) is 0 Å². The first-order valence-corrected chi connectivity index (χ1v) is 14.0. The molecule has 0 saturated carbocycles. The van der Waals surface area contributed by atoms with Crippen LogP contribution in [0.5, 0.6) is 0 Å². The van der Waals surface area contributed by atoms with Gasteiger partial charge < -0.3 is 29.3 Å². The zero-order valence-corrected chi connectivity index (χ0v) is 24.4. The molecule has 3 rings (SSSR count). The zero-order chi connectivity index (χ0) is 29.4. The molecule has 3 atom stereocenters. The highest BCUT2D eigenvalue weighted by Gasteiger charge is 2.46. The normalized spacial score (nSPS) is 21.8. The summed E-state index contributed by atoms with van der Waals surface area (Å²) in [6, 6.07) is 7.23. The van der Waals surface area contributed by atoms with Gasteiger partial charge in [-0.05, 0) is 78.6 Å². The highest BCUT2D eigenvalue weighted by molar-refractivity contribution is 5.90. The van der Waals surface area contributed by atoms with Crippen LogP contribution >= 0.6 is 0 Å². The van der Waals surface area contributed by atoms with Crippen LogP contribution in [0.3, 0.4) is 0 Å². The Morgan fingerprint density at radius 3 is 2.33 bits per heavy atom. The van der Waals surface area contributed by atoms with Crippen molar-refractivity contribution in [2.45, 2.75) is 70.7 Å². The van der Waals surface area contributed by atoms with Crippen molar-refractivity contribution >= 4 is 24.1 Å². The fourth-order valence-corrected chi connectivity index (χ4v) is 5.31. The Hall–Kier alpha value is -3.34. The minimum absolute atomic E-state index is 0.0306. The van der Waals surface area contributed by atoms with Gasteiger partial charge >= 0.3 is 18.2 Å². The van der Waals surface area contributed by atoms with Crippen LogP contribution in [0.15, 0.2) is 30.3 Å². The van der Waals surface area contributed by atoms with Crippen molar-refractivity contribution < 1.29 is 33.8 Å². The quantitative estimate of drug-likeness (QED) is 0.515. The minimum atomic E-state index is -1.25. The fourth-order valence-electron chi connectivity index (χ4n) is 5.31. The second-order valence-electron chi connectivity index (χ2n) is 11.8. The number of likely N-dealkylation sites (tertiary alicyclic amines) is 1. The van der Waals surface area contributed by atoms with Crippen molar-refractivity contribution in [3.05, 3.63) is 35.9 Å². The van der Waals surface area contributed by atoms with Gasteiger partial charge in [0.1, 0.15) is 24.3 Å². The molecule has 0 aromatic heterocycles. The number of hydrogen-bond donors (Lipinski definition) is 1. The lowest BCUT2D eigenvalue weighted by atomic mass is 9.84. The number of hydrogen-bond acceptors (Lipinski definition) is 7. The molecule has 2 aliphatic heterocycles. The van der Waals surface area contributed by atoms with Crippen molar-refractivity contribution in [2.24, 2.45) is 5.92 Å². The number of carbonyl (C=O) groups excluding carboxylic acids is 3. The molecule has 2 aliphatic rings. The fraction of sp³-hybridized carbons (Fsp3) is 0.655. The Bertz CT molecular complexity index is 1030. The Morgan fingerprint density at radius 1 is 1.00 bits per heavy atom. The summed E-state index contributed by atoms with van der Waals surface area (Å²) in [7, 11) is 3.97. The monoisotopic (exact) mass is 560 g/mol. The summed E-state index contributed by atoms with van der Waals surface area (Å²) in [6.45, 7) is 6.47. The van der Waals surface area contributed by atoms with Gasteiger partial charge in [0.15, 0.2) is 0 Å². The first kappa shape index (κ1) is 31.2. The zero-order valence-electron chi connectivity index (χ0n) is 24.4. The number of rotatable bonds is 8. The second-order valence-corrected chi connectivity index (χ2v) is 11.8. The molecule has 0 radical (unpaired) electrons. The molecule has 40 heavy (non-hydrogen) atoms. The number of carboxylic acid groups (broad SMARTS) is 1. The molecule has 222 valence electrons. The Balaban J connectivity index is 1.81. The van der Waals surface area contributed by atoms with E-state index in [1.54, 1.807) is 20.8 Å². The van der Waals surface area contributed by atoms with Crippen LogP contribution in [0.25, 0.3) is 0 Å². The van der Waals surface area contributed by atoms with E-state index in [1.807, 2.05) is 44.4 Å². The van der Waals surface area contributed by atoms with E-state index in [0.717, 1.165) is 31.4 Å². The number of piperazine rings is 1. The van der Waals surface area contributed by atoms with Crippen LogP contribution in [-0.2, 0) is 25.7 Å². The molecule has 0 aliphatic carbocycles. The number of aliphatic carboxylic acids is 1. The second kappa shape index (κ2) is 13.8. The summed E-state index contributed by atoms with van der Waals surface area (Å²) in [5.41, 5.74) is 0.105. The average Bonchev–Trinajstić information content (AvgIpc) is 2.90. The molecule has 2 saturated heterocycles. The third-order valence-corrected chi connectivity index (χ3v) is 7.23. The third-order valence-electron chi connectivity index (χ3n) is 7.23. The maximum Gasteiger partial charge on any atom is 0.410 e. The molecular weight excluding hydrogens is 516 g/mol. The number of ether oxygens (including phenoxy) is 2. The van der Waals surface area contributed by atoms with E-state index in [9.17, 15) is 24.3 Å². The molecule has 2 heterocycles. The predicted molar refractivity (Wildman–Crippen MR) is 149 cm³/mol. The number of amides is 3. The van der Waals surface area contributed by atoms with Gasteiger partial charge in [-0.25, -0.2) is 14.4 Å². The molecule has 2 fully saturated rings. The van der Waals surface area contributed by atoms with E-state index in [-0.39, 0.29) is 32.2 Å². The van der Waals surface area contributed by atoms with E-state index in [2.05, 4.69) is 4.90 Å². The van der Waals surface area contributed by atoms with Crippen molar-refractivity contribution in [3.63, 3.8) is 0 Å². The van der Waals surface area contributed by atoms with Gasteiger partial charge in [0.2, 0.25) is 5.91 Å². The minimum Gasteiger partial charge on any atom is -0.480 e. The summed E-state index contributed by atoms with van der Waals surface area (Å²) in [4.78, 5) is 58.6. The van der Waals surface area contributed by atoms with Crippen molar-refractivity contribution in [3.8, 4) is 0 Å². The number of carboxylic acids is 1. The van der Waals surface area contributed by atoms with Gasteiger partial charge in [-0.15, -0.1) is 0 Å². The van der Waals surface area contributed by atoms with Crippen molar-refractivity contribution in [1.29, 1.82) is 0 Å². The van der Waals surface area contributed by atoms with E-state index < -0.39 is 41.7 Å². The lowest BCUT2D eigenvalue weighted by molar-refractivity contribution is -0.157. The largest absolute Gasteiger partial charge is 0.480 e.